The van der Waals surface area contributed by atoms with Crippen LogP contribution in [0, 0.1) is 10.1 Å². The fourth-order valence-corrected chi connectivity index (χ4v) is 3.50. The SMILES string of the molecule is O=[N+]([O-])c1ccc(S(=O)(=O)NCCOc2cccc3ccccc23)cc1. The number of non-ortho nitro benzene ring substituents is 1. The summed E-state index contributed by atoms with van der Waals surface area (Å²) in [6.45, 7) is 0.225. The number of hydrogen-bond acceptors (Lipinski definition) is 5. The van der Waals surface area contributed by atoms with E-state index in [1.165, 1.54) is 12.1 Å². The molecule has 0 amide bonds. The van der Waals surface area contributed by atoms with Crippen molar-refractivity contribution < 1.29 is 18.1 Å². The molecule has 0 aliphatic heterocycles. The van der Waals surface area contributed by atoms with E-state index in [2.05, 4.69) is 4.72 Å². The van der Waals surface area contributed by atoms with Crippen molar-refractivity contribution in [2.24, 2.45) is 0 Å². The molecule has 3 aromatic rings. The van der Waals surface area contributed by atoms with Crippen molar-refractivity contribution >= 4 is 26.5 Å². The van der Waals surface area contributed by atoms with Crippen LogP contribution in [0.3, 0.4) is 0 Å². The molecule has 3 aromatic carbocycles. The number of nitro groups is 1. The fraction of sp³-hybridized carbons (Fsp3) is 0.111. The van der Waals surface area contributed by atoms with Crippen LogP contribution in [0.25, 0.3) is 10.8 Å². The summed E-state index contributed by atoms with van der Waals surface area (Å²) in [4.78, 5) is 10.0. The van der Waals surface area contributed by atoms with Gasteiger partial charge in [0.25, 0.3) is 5.69 Å². The molecule has 0 aliphatic rings. The third kappa shape index (κ3) is 3.98. The Morgan fingerprint density at radius 3 is 2.38 bits per heavy atom. The van der Waals surface area contributed by atoms with Gasteiger partial charge in [0.1, 0.15) is 12.4 Å². The van der Waals surface area contributed by atoms with Crippen LogP contribution in [0.4, 0.5) is 5.69 Å². The molecule has 0 spiro atoms. The van der Waals surface area contributed by atoms with Gasteiger partial charge in [-0.3, -0.25) is 10.1 Å². The molecule has 1 N–H and O–H groups in total. The second kappa shape index (κ2) is 7.51. The normalized spacial score (nSPS) is 11.4. The summed E-state index contributed by atoms with van der Waals surface area (Å²) in [7, 11) is -3.75. The minimum Gasteiger partial charge on any atom is -0.492 e. The molecular weight excluding hydrogens is 356 g/mol. The van der Waals surface area contributed by atoms with Crippen LogP contribution in [0.15, 0.2) is 71.6 Å². The molecule has 0 saturated carbocycles. The van der Waals surface area contributed by atoms with E-state index >= 15 is 0 Å². The van der Waals surface area contributed by atoms with Crippen LogP contribution in [0.5, 0.6) is 5.75 Å². The number of sulfonamides is 1. The highest BCUT2D eigenvalue weighted by Crippen LogP contribution is 2.25. The van der Waals surface area contributed by atoms with Crippen molar-refractivity contribution in [2.45, 2.75) is 4.90 Å². The molecule has 0 aromatic heterocycles. The van der Waals surface area contributed by atoms with Gasteiger partial charge in [0.2, 0.25) is 10.0 Å². The Morgan fingerprint density at radius 1 is 0.962 bits per heavy atom. The molecule has 8 heteroatoms. The third-order valence-electron chi connectivity index (χ3n) is 3.76. The number of ether oxygens (including phenoxy) is 1. The van der Waals surface area contributed by atoms with Crippen LogP contribution in [-0.2, 0) is 10.0 Å². The van der Waals surface area contributed by atoms with Gasteiger partial charge in [-0.15, -0.1) is 0 Å². The largest absolute Gasteiger partial charge is 0.492 e. The van der Waals surface area contributed by atoms with Crippen molar-refractivity contribution in [2.75, 3.05) is 13.2 Å². The van der Waals surface area contributed by atoms with Gasteiger partial charge in [0, 0.05) is 24.1 Å². The average molecular weight is 372 g/mol. The molecule has 26 heavy (non-hydrogen) atoms. The maximum absolute atomic E-state index is 12.2. The molecular formula is C18H16N2O5S. The van der Waals surface area contributed by atoms with Gasteiger partial charge in [-0.1, -0.05) is 36.4 Å². The molecule has 0 aliphatic carbocycles. The highest BCUT2D eigenvalue weighted by molar-refractivity contribution is 7.89. The molecule has 7 nitrogen and oxygen atoms in total. The Balaban J connectivity index is 1.61. The summed E-state index contributed by atoms with van der Waals surface area (Å²) in [6.07, 6.45) is 0. The standard InChI is InChI=1S/C18H16N2O5S/c21-20(22)15-8-10-16(11-9-15)26(23,24)19-12-13-25-18-7-3-5-14-4-1-2-6-17(14)18/h1-11,19H,12-13H2. The zero-order valence-corrected chi connectivity index (χ0v) is 14.5. The number of rotatable bonds is 7. The molecule has 0 saturated heterocycles. The van der Waals surface area contributed by atoms with Gasteiger partial charge in [0.05, 0.1) is 9.82 Å². The van der Waals surface area contributed by atoms with Crippen molar-refractivity contribution in [1.82, 2.24) is 4.72 Å². The number of fused-ring (bicyclic) bond motifs is 1. The van der Waals surface area contributed by atoms with E-state index in [-0.39, 0.29) is 23.7 Å². The van der Waals surface area contributed by atoms with Crippen LogP contribution in [0.2, 0.25) is 0 Å². The van der Waals surface area contributed by atoms with E-state index in [9.17, 15) is 18.5 Å². The first kappa shape index (κ1) is 17.8. The maximum Gasteiger partial charge on any atom is 0.269 e. The second-order valence-electron chi connectivity index (χ2n) is 5.47. The predicted octanol–water partition coefficient (Wildman–Crippen LogP) is 3.11. The monoisotopic (exact) mass is 372 g/mol. The van der Waals surface area contributed by atoms with Gasteiger partial charge < -0.3 is 4.74 Å². The lowest BCUT2D eigenvalue weighted by Gasteiger charge is -2.10. The first-order chi connectivity index (χ1) is 12.5. The lowest BCUT2D eigenvalue weighted by molar-refractivity contribution is -0.384. The zero-order valence-electron chi connectivity index (χ0n) is 13.7. The smallest absolute Gasteiger partial charge is 0.269 e. The van der Waals surface area contributed by atoms with E-state index in [0.29, 0.717) is 5.75 Å². The summed E-state index contributed by atoms with van der Waals surface area (Å²) in [5.74, 6) is 0.678. The van der Waals surface area contributed by atoms with E-state index in [1.807, 2.05) is 42.5 Å². The Labute approximate surface area is 150 Å². The average Bonchev–Trinajstić information content (AvgIpc) is 2.65. The Morgan fingerprint density at radius 2 is 1.65 bits per heavy atom. The van der Waals surface area contributed by atoms with E-state index in [1.54, 1.807) is 0 Å². The minimum atomic E-state index is -3.75. The summed E-state index contributed by atoms with van der Waals surface area (Å²) in [5, 5.41) is 12.6. The summed E-state index contributed by atoms with van der Waals surface area (Å²) in [5.41, 5.74) is -0.164. The van der Waals surface area contributed by atoms with Crippen LogP contribution in [-0.4, -0.2) is 26.5 Å². The highest BCUT2D eigenvalue weighted by Gasteiger charge is 2.15. The Hall–Kier alpha value is -2.97. The van der Waals surface area contributed by atoms with Gasteiger partial charge >= 0.3 is 0 Å². The molecule has 0 radical (unpaired) electrons. The van der Waals surface area contributed by atoms with Crippen LogP contribution in [0.1, 0.15) is 0 Å². The highest BCUT2D eigenvalue weighted by atomic mass is 32.2. The van der Waals surface area contributed by atoms with Crippen molar-refractivity contribution in [3.8, 4) is 5.75 Å². The van der Waals surface area contributed by atoms with Gasteiger partial charge in [0.15, 0.2) is 0 Å². The topological polar surface area (TPSA) is 98.5 Å². The number of nitrogens with zero attached hydrogens (tertiary/aromatic N) is 1. The minimum absolute atomic E-state index is 0.0340. The Bertz CT molecular complexity index is 1030. The van der Waals surface area contributed by atoms with Crippen LogP contribution < -0.4 is 9.46 Å². The number of nitro benzene ring substituents is 1. The van der Waals surface area contributed by atoms with Crippen molar-refractivity contribution in [1.29, 1.82) is 0 Å². The summed E-state index contributed by atoms with van der Waals surface area (Å²) in [6, 6.07) is 18.1. The van der Waals surface area contributed by atoms with E-state index < -0.39 is 14.9 Å². The van der Waals surface area contributed by atoms with Crippen LogP contribution >= 0.6 is 0 Å². The van der Waals surface area contributed by atoms with Gasteiger partial charge in [-0.05, 0) is 23.6 Å². The molecule has 0 fully saturated rings. The maximum atomic E-state index is 12.2. The van der Waals surface area contributed by atoms with Crippen molar-refractivity contribution in [3.63, 3.8) is 0 Å². The first-order valence-corrected chi connectivity index (χ1v) is 9.30. The molecule has 0 bridgehead atoms. The molecule has 0 heterocycles. The summed E-state index contributed by atoms with van der Waals surface area (Å²) >= 11 is 0. The van der Waals surface area contributed by atoms with Crippen molar-refractivity contribution in [3.05, 3.63) is 76.8 Å². The van der Waals surface area contributed by atoms with E-state index in [4.69, 9.17) is 4.74 Å². The van der Waals surface area contributed by atoms with Gasteiger partial charge in [-0.25, -0.2) is 13.1 Å². The third-order valence-corrected chi connectivity index (χ3v) is 5.24. The number of hydrogen-bond donors (Lipinski definition) is 1. The predicted molar refractivity (Wildman–Crippen MR) is 97.7 cm³/mol. The summed E-state index contributed by atoms with van der Waals surface area (Å²) < 4.78 is 32.5. The molecule has 0 unspecified atom stereocenters. The number of nitrogens with one attached hydrogen (secondary N) is 1. The van der Waals surface area contributed by atoms with Gasteiger partial charge in [-0.2, -0.15) is 0 Å². The lowest BCUT2D eigenvalue weighted by Crippen LogP contribution is -2.28. The van der Waals surface area contributed by atoms with E-state index in [0.717, 1.165) is 22.9 Å². The quantitative estimate of drug-likeness (QED) is 0.390. The molecule has 134 valence electrons. The second-order valence-corrected chi connectivity index (χ2v) is 7.24. The molecule has 3 rings (SSSR count). The fourth-order valence-electron chi connectivity index (χ4n) is 2.49. The molecule has 0 atom stereocenters. The Kier molecular flexibility index (Phi) is 5.15. The first-order valence-electron chi connectivity index (χ1n) is 7.82. The lowest BCUT2D eigenvalue weighted by atomic mass is 10.1. The number of benzene rings is 3. The zero-order chi connectivity index (χ0) is 18.6.